The molecule has 0 unspecified atom stereocenters. The molecule has 2 atom stereocenters. The van der Waals surface area contributed by atoms with E-state index in [0.29, 0.717) is 4.83 Å². The van der Waals surface area contributed by atoms with Crippen LogP contribution in [0.15, 0.2) is 0 Å². The quantitative estimate of drug-likeness (QED) is 0.598. The average molecular weight is 207 g/mol. The van der Waals surface area contributed by atoms with Gasteiger partial charge in [0.2, 0.25) is 0 Å². The van der Waals surface area contributed by atoms with Gasteiger partial charge in [0.15, 0.2) is 0 Å². The highest BCUT2D eigenvalue weighted by atomic mass is 79.9. The number of hydrogen-bond acceptors (Lipinski definition) is 0. The summed E-state index contributed by atoms with van der Waals surface area (Å²) >= 11 is 3.55. The summed E-state index contributed by atoms with van der Waals surface area (Å²) in [7, 11) is 0. The van der Waals surface area contributed by atoms with E-state index in [0.717, 1.165) is 5.92 Å². The molecule has 10 heavy (non-hydrogen) atoms. The second-order valence-electron chi connectivity index (χ2n) is 3.23. The maximum absolute atomic E-state index is 3.55. The molecule has 0 fully saturated rings. The molecule has 0 spiro atoms. The summed E-state index contributed by atoms with van der Waals surface area (Å²) in [4.78, 5) is 0.705. The minimum atomic E-state index is 0.705. The van der Waals surface area contributed by atoms with Crippen molar-refractivity contribution in [1.29, 1.82) is 0 Å². The highest BCUT2D eigenvalue weighted by molar-refractivity contribution is 9.09. The summed E-state index contributed by atoms with van der Waals surface area (Å²) in [5, 5.41) is 0. The van der Waals surface area contributed by atoms with E-state index in [-0.39, 0.29) is 0 Å². The van der Waals surface area contributed by atoms with Crippen LogP contribution in [0.2, 0.25) is 0 Å². The van der Waals surface area contributed by atoms with Crippen molar-refractivity contribution >= 4 is 15.9 Å². The molecular formula is C9H19Br. The highest BCUT2D eigenvalue weighted by Gasteiger charge is 1.99. The van der Waals surface area contributed by atoms with Gasteiger partial charge in [-0.25, -0.2) is 0 Å². The molecule has 0 aromatic heterocycles. The van der Waals surface area contributed by atoms with E-state index < -0.39 is 0 Å². The Hall–Kier alpha value is 0.480. The van der Waals surface area contributed by atoms with Crippen LogP contribution in [0.1, 0.15) is 46.5 Å². The Morgan fingerprint density at radius 2 is 1.80 bits per heavy atom. The average Bonchev–Trinajstić information content (AvgIpc) is 1.87. The zero-order chi connectivity index (χ0) is 7.98. The maximum atomic E-state index is 3.55. The zero-order valence-electron chi connectivity index (χ0n) is 7.36. The predicted molar refractivity (Wildman–Crippen MR) is 51.7 cm³/mol. The number of halogens is 1. The summed E-state index contributed by atoms with van der Waals surface area (Å²) in [5.74, 6) is 0.922. The molecule has 0 aromatic carbocycles. The molecule has 0 heterocycles. The molecule has 62 valence electrons. The highest BCUT2D eigenvalue weighted by Crippen LogP contribution is 2.14. The number of alkyl halides is 1. The van der Waals surface area contributed by atoms with Gasteiger partial charge >= 0.3 is 0 Å². The van der Waals surface area contributed by atoms with E-state index in [4.69, 9.17) is 0 Å². The molecule has 0 aliphatic rings. The fraction of sp³-hybridized carbons (Fsp3) is 1.00. The first-order valence-electron chi connectivity index (χ1n) is 4.30. The Balaban J connectivity index is 3.03. The summed E-state index contributed by atoms with van der Waals surface area (Å²) in [5.41, 5.74) is 0. The van der Waals surface area contributed by atoms with Crippen molar-refractivity contribution in [2.24, 2.45) is 5.92 Å². The smallest absolute Gasteiger partial charge is 0.0117 e. The molecule has 0 aromatic rings. The summed E-state index contributed by atoms with van der Waals surface area (Å²) in [6.45, 7) is 6.82. The van der Waals surface area contributed by atoms with Crippen LogP contribution in [0.4, 0.5) is 0 Å². The van der Waals surface area contributed by atoms with Crippen molar-refractivity contribution < 1.29 is 0 Å². The Morgan fingerprint density at radius 3 is 2.20 bits per heavy atom. The Morgan fingerprint density at radius 1 is 1.20 bits per heavy atom. The van der Waals surface area contributed by atoms with Crippen LogP contribution < -0.4 is 0 Å². The topological polar surface area (TPSA) is 0 Å². The van der Waals surface area contributed by atoms with Gasteiger partial charge in [-0.2, -0.15) is 0 Å². The lowest BCUT2D eigenvalue weighted by Gasteiger charge is -2.07. The van der Waals surface area contributed by atoms with Gasteiger partial charge in [0, 0.05) is 4.83 Å². The molecule has 1 heteroatoms. The first-order valence-corrected chi connectivity index (χ1v) is 5.22. The standard InChI is InChI=1S/C9H19Br/c1-4-8(2)6-5-7-9(3)10/h8-9H,4-7H2,1-3H3/t8-,9+/m0/s1. The third kappa shape index (κ3) is 6.60. The van der Waals surface area contributed by atoms with Gasteiger partial charge in [-0.05, 0) is 12.3 Å². The third-order valence-electron chi connectivity index (χ3n) is 2.00. The molecule has 0 rings (SSSR count). The lowest BCUT2D eigenvalue weighted by Crippen LogP contribution is -1.95. The lowest BCUT2D eigenvalue weighted by atomic mass is 10.0. The van der Waals surface area contributed by atoms with Crippen molar-refractivity contribution in [2.75, 3.05) is 0 Å². The van der Waals surface area contributed by atoms with Crippen LogP contribution in [-0.2, 0) is 0 Å². The van der Waals surface area contributed by atoms with Gasteiger partial charge in [0.25, 0.3) is 0 Å². The van der Waals surface area contributed by atoms with Crippen molar-refractivity contribution in [3.8, 4) is 0 Å². The van der Waals surface area contributed by atoms with Crippen LogP contribution in [0.25, 0.3) is 0 Å². The molecule has 0 nitrogen and oxygen atoms in total. The predicted octanol–water partition coefficient (Wildman–Crippen LogP) is 3.99. The van der Waals surface area contributed by atoms with Crippen molar-refractivity contribution in [3.05, 3.63) is 0 Å². The lowest BCUT2D eigenvalue weighted by molar-refractivity contribution is 0.485. The van der Waals surface area contributed by atoms with E-state index >= 15 is 0 Å². The normalized spacial score (nSPS) is 16.8. The second-order valence-corrected chi connectivity index (χ2v) is 4.79. The van der Waals surface area contributed by atoms with Crippen LogP contribution in [0, 0.1) is 5.92 Å². The Bertz CT molecular complexity index is 69.1. The summed E-state index contributed by atoms with van der Waals surface area (Å²) in [6.07, 6.45) is 5.43. The van der Waals surface area contributed by atoms with Crippen LogP contribution in [0.5, 0.6) is 0 Å². The Kier molecular flexibility index (Phi) is 6.50. The van der Waals surface area contributed by atoms with Crippen LogP contribution in [-0.4, -0.2) is 4.83 Å². The summed E-state index contributed by atoms with van der Waals surface area (Å²) in [6, 6.07) is 0. The van der Waals surface area contributed by atoms with E-state index in [1.54, 1.807) is 0 Å². The molecule has 0 amide bonds. The molecule has 0 bridgehead atoms. The van der Waals surface area contributed by atoms with Gasteiger partial charge in [-0.3, -0.25) is 0 Å². The monoisotopic (exact) mass is 206 g/mol. The first kappa shape index (κ1) is 10.5. The van der Waals surface area contributed by atoms with Crippen LogP contribution >= 0.6 is 15.9 Å². The maximum Gasteiger partial charge on any atom is 0.0117 e. The van der Waals surface area contributed by atoms with E-state index in [9.17, 15) is 0 Å². The molecule has 0 N–H and O–H groups in total. The van der Waals surface area contributed by atoms with Crippen LogP contribution in [0.3, 0.4) is 0 Å². The fourth-order valence-corrected chi connectivity index (χ4v) is 1.28. The molecular weight excluding hydrogens is 188 g/mol. The van der Waals surface area contributed by atoms with E-state index in [1.165, 1.54) is 25.7 Å². The van der Waals surface area contributed by atoms with E-state index in [2.05, 4.69) is 36.7 Å². The SMILES string of the molecule is CC[C@H](C)CCC[C@@H](C)Br. The zero-order valence-corrected chi connectivity index (χ0v) is 8.95. The largest absolute Gasteiger partial charge is 0.0894 e. The molecule has 0 saturated heterocycles. The van der Waals surface area contributed by atoms with Crippen molar-refractivity contribution in [1.82, 2.24) is 0 Å². The number of rotatable bonds is 5. The van der Waals surface area contributed by atoms with Crippen molar-refractivity contribution in [2.45, 2.75) is 51.3 Å². The first-order chi connectivity index (χ1) is 4.66. The van der Waals surface area contributed by atoms with Gasteiger partial charge in [0.1, 0.15) is 0 Å². The minimum absolute atomic E-state index is 0.705. The Labute approximate surface area is 73.5 Å². The van der Waals surface area contributed by atoms with E-state index in [1.807, 2.05) is 0 Å². The molecule has 0 aliphatic heterocycles. The van der Waals surface area contributed by atoms with Crippen molar-refractivity contribution in [3.63, 3.8) is 0 Å². The van der Waals surface area contributed by atoms with Gasteiger partial charge in [-0.1, -0.05) is 56.0 Å². The van der Waals surface area contributed by atoms with Gasteiger partial charge in [0.05, 0.1) is 0 Å². The summed E-state index contributed by atoms with van der Waals surface area (Å²) < 4.78 is 0. The number of hydrogen-bond donors (Lipinski definition) is 0. The minimum Gasteiger partial charge on any atom is -0.0894 e. The van der Waals surface area contributed by atoms with Gasteiger partial charge < -0.3 is 0 Å². The molecule has 0 aliphatic carbocycles. The third-order valence-corrected chi connectivity index (χ3v) is 2.45. The molecule has 0 radical (unpaired) electrons. The van der Waals surface area contributed by atoms with Gasteiger partial charge in [-0.15, -0.1) is 0 Å². The molecule has 0 saturated carbocycles. The second kappa shape index (κ2) is 6.21. The fourth-order valence-electron chi connectivity index (χ4n) is 0.952.